The molecule has 2 fully saturated rings. The Morgan fingerprint density at radius 2 is 1.90 bits per heavy atom. The molecule has 2 unspecified atom stereocenters. The van der Waals surface area contributed by atoms with Crippen LogP contribution in [-0.4, -0.2) is 81.3 Å². The Morgan fingerprint density at radius 3 is 2.48 bits per heavy atom. The van der Waals surface area contributed by atoms with Gasteiger partial charge < -0.3 is 23.8 Å². The van der Waals surface area contributed by atoms with Crippen LogP contribution in [-0.2, 0) is 16.0 Å². The number of hydrogen-bond acceptors (Lipinski definition) is 7. The highest BCUT2D eigenvalue weighted by atomic mass is 32.2. The van der Waals surface area contributed by atoms with Crippen LogP contribution in [0.5, 0.6) is 5.88 Å². The number of rotatable bonds is 4. The highest BCUT2D eigenvalue weighted by Gasteiger charge is 2.47. The summed E-state index contributed by atoms with van der Waals surface area (Å²) < 4.78 is 76.2. The Hall–Kier alpha value is -1.63. The van der Waals surface area contributed by atoms with Gasteiger partial charge in [-0.25, -0.2) is 4.31 Å². The van der Waals surface area contributed by atoms with Crippen LogP contribution in [0, 0.1) is 0 Å². The summed E-state index contributed by atoms with van der Waals surface area (Å²) in [5, 5.41) is 0. The molecule has 0 aliphatic carbocycles. The van der Waals surface area contributed by atoms with Gasteiger partial charge in [0, 0.05) is 61.3 Å². The topological polar surface area (TPSA) is 81.2 Å². The third kappa shape index (κ3) is 5.99. The summed E-state index contributed by atoms with van der Waals surface area (Å²) in [6.07, 6.45) is -4.63. The summed E-state index contributed by atoms with van der Waals surface area (Å²) in [7, 11) is 0. The van der Waals surface area contributed by atoms with E-state index in [4.69, 9.17) is 9.47 Å². The van der Waals surface area contributed by atoms with Gasteiger partial charge in [0.1, 0.15) is 17.5 Å². The molecular weight excluding hydrogens is 437 g/mol. The second-order valence-electron chi connectivity index (χ2n) is 8.71. The van der Waals surface area contributed by atoms with E-state index in [1.165, 1.54) is 0 Å². The molecule has 2 saturated heterocycles. The lowest BCUT2D eigenvalue weighted by molar-refractivity contribution is -0.153. The molecule has 1 aromatic rings. The smallest absolute Gasteiger partial charge is 0.410 e. The number of anilines is 2. The standard InChI is InChI=1S/C19H29F3N4O4S/c1-13-12-29-8-7-25(13)14-9-16(23-17(10-14)30-18(2,3)4)26-6-5-24(31(27)28)11-15(26)19(20,21)22/h9-10,13,15H,5-8,11-12H2,1-4H3,(H,27,28)/p-1/t13-,15?/m1/s1. The van der Waals surface area contributed by atoms with E-state index < -0.39 is 35.6 Å². The van der Waals surface area contributed by atoms with Crippen LogP contribution in [0.4, 0.5) is 24.7 Å². The van der Waals surface area contributed by atoms with E-state index in [0.717, 1.165) is 9.21 Å². The van der Waals surface area contributed by atoms with Gasteiger partial charge in [-0.1, -0.05) is 0 Å². The van der Waals surface area contributed by atoms with E-state index in [-0.39, 0.29) is 30.8 Å². The molecule has 0 bridgehead atoms. The largest absolute Gasteiger partial charge is 0.760 e. The van der Waals surface area contributed by atoms with Crippen molar-refractivity contribution in [3.05, 3.63) is 12.1 Å². The zero-order valence-corrected chi connectivity index (χ0v) is 18.8. The van der Waals surface area contributed by atoms with Crippen LogP contribution in [0.2, 0.25) is 0 Å². The van der Waals surface area contributed by atoms with Crippen LogP contribution in [0.3, 0.4) is 0 Å². The first-order valence-corrected chi connectivity index (χ1v) is 11.1. The maximum Gasteiger partial charge on any atom is 0.410 e. The van der Waals surface area contributed by atoms with Crippen molar-refractivity contribution in [2.24, 2.45) is 0 Å². The maximum absolute atomic E-state index is 13.8. The van der Waals surface area contributed by atoms with Gasteiger partial charge in [-0.3, -0.25) is 4.21 Å². The number of aromatic nitrogens is 1. The van der Waals surface area contributed by atoms with Crippen LogP contribution >= 0.6 is 0 Å². The van der Waals surface area contributed by atoms with E-state index >= 15 is 0 Å². The fraction of sp³-hybridized carbons (Fsp3) is 0.737. The zero-order valence-electron chi connectivity index (χ0n) is 18.0. The van der Waals surface area contributed by atoms with Crippen LogP contribution in [0.15, 0.2) is 12.1 Å². The monoisotopic (exact) mass is 465 g/mol. The molecule has 3 atom stereocenters. The molecule has 0 spiro atoms. The van der Waals surface area contributed by atoms with Crippen molar-refractivity contribution in [2.75, 3.05) is 49.2 Å². The lowest BCUT2D eigenvalue weighted by Gasteiger charge is -2.43. The molecule has 3 rings (SSSR count). The first-order chi connectivity index (χ1) is 14.3. The Morgan fingerprint density at radius 1 is 1.19 bits per heavy atom. The number of piperazine rings is 1. The number of ether oxygens (including phenoxy) is 2. The molecule has 176 valence electrons. The summed E-state index contributed by atoms with van der Waals surface area (Å²) in [5.74, 6) is 0.323. The van der Waals surface area contributed by atoms with Crippen molar-refractivity contribution in [1.29, 1.82) is 0 Å². The van der Waals surface area contributed by atoms with Crippen LogP contribution in [0.25, 0.3) is 0 Å². The maximum atomic E-state index is 13.8. The van der Waals surface area contributed by atoms with Gasteiger partial charge in [-0.2, -0.15) is 18.2 Å². The number of morpholine rings is 1. The number of alkyl halides is 3. The predicted molar refractivity (Wildman–Crippen MR) is 110 cm³/mol. The predicted octanol–water partition coefficient (Wildman–Crippen LogP) is 2.33. The van der Waals surface area contributed by atoms with Crippen molar-refractivity contribution < 1.29 is 31.4 Å². The molecule has 8 nitrogen and oxygen atoms in total. The van der Waals surface area contributed by atoms with Crippen LogP contribution < -0.4 is 14.5 Å². The summed E-state index contributed by atoms with van der Waals surface area (Å²) >= 11 is -2.72. The van der Waals surface area contributed by atoms with Crippen molar-refractivity contribution in [3.63, 3.8) is 0 Å². The molecule has 12 heteroatoms. The summed E-state index contributed by atoms with van der Waals surface area (Å²) in [5.41, 5.74) is 0.0944. The molecule has 0 aromatic carbocycles. The molecule has 3 heterocycles. The average molecular weight is 466 g/mol. The molecule has 2 aliphatic heterocycles. The van der Waals surface area contributed by atoms with Gasteiger partial charge >= 0.3 is 6.18 Å². The Balaban J connectivity index is 2.02. The normalized spacial score (nSPS) is 24.9. The second kappa shape index (κ2) is 9.08. The lowest BCUT2D eigenvalue weighted by Crippen LogP contribution is -2.59. The zero-order chi connectivity index (χ0) is 23.0. The van der Waals surface area contributed by atoms with Crippen molar-refractivity contribution in [3.8, 4) is 5.88 Å². The quantitative estimate of drug-likeness (QED) is 0.632. The lowest BCUT2D eigenvalue weighted by atomic mass is 10.1. The Labute approximate surface area is 182 Å². The van der Waals surface area contributed by atoms with Gasteiger partial charge in [0.05, 0.1) is 13.2 Å². The molecule has 31 heavy (non-hydrogen) atoms. The molecule has 1 aromatic heterocycles. The third-order valence-corrected chi connectivity index (χ3v) is 5.86. The molecule has 0 radical (unpaired) electrons. The highest BCUT2D eigenvalue weighted by molar-refractivity contribution is 7.76. The molecule has 0 saturated carbocycles. The first kappa shape index (κ1) is 24.0. The number of hydrogen-bond donors (Lipinski definition) is 0. The number of pyridine rings is 1. The Kier molecular flexibility index (Phi) is 7.04. The minimum absolute atomic E-state index is 0.0321. The van der Waals surface area contributed by atoms with Crippen molar-refractivity contribution in [1.82, 2.24) is 9.29 Å². The van der Waals surface area contributed by atoms with E-state index in [9.17, 15) is 21.9 Å². The number of nitrogens with zero attached hydrogens (tertiary/aromatic N) is 4. The third-order valence-electron chi connectivity index (χ3n) is 5.11. The minimum atomic E-state index is -4.63. The van der Waals surface area contributed by atoms with E-state index in [2.05, 4.69) is 9.88 Å². The fourth-order valence-corrected chi connectivity index (χ4v) is 4.21. The van der Waals surface area contributed by atoms with Gasteiger partial charge in [0.15, 0.2) is 0 Å². The van der Waals surface area contributed by atoms with Crippen molar-refractivity contribution >= 4 is 22.8 Å². The molecular formula is C19H28F3N4O4S-. The average Bonchev–Trinajstić information content (AvgIpc) is 2.65. The molecule has 2 aliphatic rings. The van der Waals surface area contributed by atoms with E-state index in [0.29, 0.717) is 25.4 Å². The Bertz CT molecular complexity index is 805. The van der Waals surface area contributed by atoms with Gasteiger partial charge in [-0.05, 0) is 27.7 Å². The summed E-state index contributed by atoms with van der Waals surface area (Å²) in [6.45, 7) is 8.20. The summed E-state index contributed by atoms with van der Waals surface area (Å²) in [4.78, 5) is 7.54. The summed E-state index contributed by atoms with van der Waals surface area (Å²) in [6, 6.07) is 1.36. The van der Waals surface area contributed by atoms with Crippen LogP contribution in [0.1, 0.15) is 27.7 Å². The highest BCUT2D eigenvalue weighted by Crippen LogP contribution is 2.35. The van der Waals surface area contributed by atoms with Gasteiger partial charge in [0.2, 0.25) is 5.88 Å². The fourth-order valence-electron chi connectivity index (χ4n) is 3.72. The number of halogens is 3. The van der Waals surface area contributed by atoms with E-state index in [1.54, 1.807) is 12.1 Å². The minimum Gasteiger partial charge on any atom is -0.760 e. The van der Waals surface area contributed by atoms with Crippen molar-refractivity contribution in [2.45, 2.75) is 51.6 Å². The van der Waals surface area contributed by atoms with Gasteiger partial charge in [-0.15, -0.1) is 0 Å². The first-order valence-electron chi connectivity index (χ1n) is 10.1. The van der Waals surface area contributed by atoms with Gasteiger partial charge in [0.25, 0.3) is 0 Å². The SMILES string of the molecule is C[C@@H]1COCCN1c1cc(OC(C)(C)C)nc(N2CCN(S(=O)[O-])CC2C(F)(F)F)c1. The second-order valence-corrected chi connectivity index (χ2v) is 9.66. The molecule has 0 N–H and O–H groups in total. The molecule has 0 amide bonds. The van der Waals surface area contributed by atoms with E-state index in [1.807, 2.05) is 27.7 Å².